The van der Waals surface area contributed by atoms with Crippen LogP contribution in [0.25, 0.3) is 0 Å². The minimum absolute atomic E-state index is 0.372. The number of hydrogen-bond donors (Lipinski definition) is 0. The van der Waals surface area contributed by atoms with Crippen molar-refractivity contribution < 1.29 is 9.47 Å². The Morgan fingerprint density at radius 2 is 2.33 bits per heavy atom. The lowest BCUT2D eigenvalue weighted by molar-refractivity contribution is -0.0216. The molecule has 0 N–H and O–H groups in total. The summed E-state index contributed by atoms with van der Waals surface area (Å²) < 4.78 is 10.3. The maximum atomic E-state index is 5.40. The van der Waals surface area contributed by atoms with Gasteiger partial charge in [-0.25, -0.2) is 0 Å². The van der Waals surface area contributed by atoms with Gasteiger partial charge >= 0.3 is 0 Å². The molecule has 1 aliphatic rings. The molecule has 0 aromatic rings. The summed E-state index contributed by atoms with van der Waals surface area (Å²) in [6.07, 6.45) is 2.31. The van der Waals surface area contributed by atoms with Crippen LogP contribution < -0.4 is 0 Å². The summed E-state index contributed by atoms with van der Waals surface area (Å²) in [7, 11) is 1.64. The fourth-order valence-electron chi connectivity index (χ4n) is 2.04. The molecule has 1 rings (SSSR count). The third kappa shape index (κ3) is 3.44. The smallest absolute Gasteiger partial charge is 0.146 e. The van der Waals surface area contributed by atoms with E-state index < -0.39 is 0 Å². The Balaban J connectivity index is 2.59. The minimum atomic E-state index is 0.372. The second-order valence-electron chi connectivity index (χ2n) is 3.96. The van der Waals surface area contributed by atoms with Gasteiger partial charge in [0.2, 0.25) is 0 Å². The summed E-state index contributed by atoms with van der Waals surface area (Å²) >= 11 is 3.55. The number of methoxy groups -OCH3 is 1. The number of hydrogen-bond acceptors (Lipinski definition) is 2. The minimum Gasteiger partial charge on any atom is -0.359 e. The molecule has 15 heavy (non-hydrogen) atoms. The second kappa shape index (κ2) is 6.46. The Bertz CT molecular complexity index is 258. The molecular formula is C12H19BrO2. The molecule has 0 saturated carbocycles. The number of rotatable bonds is 6. The third-order valence-corrected chi connectivity index (χ3v) is 3.43. The van der Waals surface area contributed by atoms with Crippen LogP contribution in [-0.4, -0.2) is 25.8 Å². The van der Waals surface area contributed by atoms with E-state index in [0.717, 1.165) is 11.8 Å². The summed E-state index contributed by atoms with van der Waals surface area (Å²) in [5, 5.41) is 0.927. The maximum absolute atomic E-state index is 5.40. The van der Waals surface area contributed by atoms with Crippen molar-refractivity contribution in [1.82, 2.24) is 0 Å². The molecule has 0 spiro atoms. The van der Waals surface area contributed by atoms with Crippen molar-refractivity contribution in [2.45, 2.75) is 19.8 Å². The average molecular weight is 275 g/mol. The molecular weight excluding hydrogens is 256 g/mol. The van der Waals surface area contributed by atoms with Crippen molar-refractivity contribution in [2.24, 2.45) is 5.92 Å². The van der Waals surface area contributed by atoms with Crippen molar-refractivity contribution >= 4 is 15.9 Å². The maximum Gasteiger partial charge on any atom is 0.146 e. The lowest BCUT2D eigenvalue weighted by Gasteiger charge is -2.13. The van der Waals surface area contributed by atoms with Crippen LogP contribution in [0.1, 0.15) is 19.8 Å². The molecule has 0 aromatic heterocycles. The number of allylic oxidation sites excluding steroid dienone is 2. The Morgan fingerprint density at radius 3 is 2.87 bits per heavy atom. The zero-order valence-electron chi connectivity index (χ0n) is 9.51. The third-order valence-electron chi connectivity index (χ3n) is 2.83. The number of alkyl halides is 1. The first-order valence-electron chi connectivity index (χ1n) is 5.19. The van der Waals surface area contributed by atoms with E-state index >= 15 is 0 Å². The van der Waals surface area contributed by atoms with Crippen molar-refractivity contribution in [3.63, 3.8) is 0 Å². The SMILES string of the molecule is C=C(C)[C@@H]1CCC(COCOC)=C1CBr. The van der Waals surface area contributed by atoms with Gasteiger partial charge in [0.25, 0.3) is 0 Å². The monoisotopic (exact) mass is 274 g/mol. The van der Waals surface area contributed by atoms with Crippen LogP contribution in [0.4, 0.5) is 0 Å². The van der Waals surface area contributed by atoms with E-state index in [9.17, 15) is 0 Å². The van der Waals surface area contributed by atoms with Gasteiger partial charge in [0, 0.05) is 18.4 Å². The summed E-state index contributed by atoms with van der Waals surface area (Å²) in [5.41, 5.74) is 4.13. The molecule has 1 aliphatic carbocycles. The largest absolute Gasteiger partial charge is 0.359 e. The molecule has 0 bridgehead atoms. The summed E-state index contributed by atoms with van der Waals surface area (Å²) in [6, 6.07) is 0. The molecule has 1 atom stereocenters. The molecule has 0 fully saturated rings. The van der Waals surface area contributed by atoms with Crippen molar-refractivity contribution in [3.8, 4) is 0 Å². The van der Waals surface area contributed by atoms with Crippen LogP contribution in [0, 0.1) is 5.92 Å². The topological polar surface area (TPSA) is 18.5 Å². The van der Waals surface area contributed by atoms with Crippen LogP contribution in [0.5, 0.6) is 0 Å². The van der Waals surface area contributed by atoms with Gasteiger partial charge in [-0.15, -0.1) is 0 Å². The van der Waals surface area contributed by atoms with Gasteiger partial charge in [0.05, 0.1) is 6.61 Å². The lowest BCUT2D eigenvalue weighted by atomic mass is 9.95. The highest BCUT2D eigenvalue weighted by Gasteiger charge is 2.24. The normalized spacial score (nSPS) is 21.1. The van der Waals surface area contributed by atoms with Gasteiger partial charge in [-0.2, -0.15) is 0 Å². The van der Waals surface area contributed by atoms with Gasteiger partial charge < -0.3 is 9.47 Å². The molecule has 0 radical (unpaired) electrons. The van der Waals surface area contributed by atoms with Crippen molar-refractivity contribution in [1.29, 1.82) is 0 Å². The van der Waals surface area contributed by atoms with Crippen LogP contribution in [0.2, 0.25) is 0 Å². The van der Waals surface area contributed by atoms with Crippen LogP contribution in [0.3, 0.4) is 0 Å². The van der Waals surface area contributed by atoms with Gasteiger partial charge in [-0.1, -0.05) is 33.7 Å². The molecule has 0 saturated heterocycles. The Kier molecular flexibility index (Phi) is 5.58. The van der Waals surface area contributed by atoms with E-state index in [-0.39, 0.29) is 0 Å². The summed E-state index contributed by atoms with van der Waals surface area (Å²) in [5.74, 6) is 0.547. The van der Waals surface area contributed by atoms with E-state index in [1.54, 1.807) is 7.11 Å². The summed E-state index contributed by atoms with van der Waals surface area (Å²) in [4.78, 5) is 0. The average Bonchev–Trinajstić information content (AvgIpc) is 2.61. The standard InChI is InChI=1S/C12H19BrO2/c1-9(2)11-5-4-10(12(11)6-13)7-15-8-14-3/h11H,1,4-8H2,2-3H3/t11-/m0/s1. The predicted molar refractivity (Wildman–Crippen MR) is 66.2 cm³/mol. The predicted octanol–water partition coefficient (Wildman–Crippen LogP) is 3.28. The molecule has 0 unspecified atom stereocenters. The van der Waals surface area contributed by atoms with E-state index in [2.05, 4.69) is 29.4 Å². The highest BCUT2D eigenvalue weighted by Crippen LogP contribution is 2.37. The van der Waals surface area contributed by atoms with Gasteiger partial charge in [0.15, 0.2) is 0 Å². The van der Waals surface area contributed by atoms with E-state index in [0.29, 0.717) is 19.3 Å². The highest BCUT2D eigenvalue weighted by molar-refractivity contribution is 9.09. The first kappa shape index (κ1) is 12.9. The zero-order chi connectivity index (χ0) is 11.3. The highest BCUT2D eigenvalue weighted by atomic mass is 79.9. The Morgan fingerprint density at radius 1 is 1.60 bits per heavy atom. The zero-order valence-corrected chi connectivity index (χ0v) is 11.1. The summed E-state index contributed by atoms with van der Waals surface area (Å²) in [6.45, 7) is 7.21. The second-order valence-corrected chi connectivity index (χ2v) is 4.52. The van der Waals surface area contributed by atoms with Crippen molar-refractivity contribution in [3.05, 3.63) is 23.3 Å². The van der Waals surface area contributed by atoms with Crippen LogP contribution in [0.15, 0.2) is 23.3 Å². The van der Waals surface area contributed by atoms with Crippen LogP contribution in [-0.2, 0) is 9.47 Å². The molecule has 0 aliphatic heterocycles. The number of ether oxygens (including phenoxy) is 2. The van der Waals surface area contributed by atoms with Gasteiger partial charge in [-0.3, -0.25) is 0 Å². The van der Waals surface area contributed by atoms with Gasteiger partial charge in [0.1, 0.15) is 6.79 Å². The molecule has 2 nitrogen and oxygen atoms in total. The van der Waals surface area contributed by atoms with E-state index in [4.69, 9.17) is 9.47 Å². The molecule has 86 valence electrons. The molecule has 0 heterocycles. The van der Waals surface area contributed by atoms with Gasteiger partial charge in [-0.05, 0) is 25.3 Å². The first-order chi connectivity index (χ1) is 7.20. The van der Waals surface area contributed by atoms with E-state index in [1.165, 1.54) is 23.1 Å². The number of halogens is 1. The first-order valence-corrected chi connectivity index (χ1v) is 6.31. The van der Waals surface area contributed by atoms with E-state index in [1.807, 2.05) is 0 Å². The fraction of sp³-hybridized carbons (Fsp3) is 0.667. The molecule has 0 amide bonds. The lowest BCUT2D eigenvalue weighted by Crippen LogP contribution is -2.05. The molecule has 0 aromatic carbocycles. The van der Waals surface area contributed by atoms with Crippen LogP contribution >= 0.6 is 15.9 Å². The molecule has 3 heteroatoms. The fourth-order valence-corrected chi connectivity index (χ4v) is 2.83. The Hall–Kier alpha value is -0.120. The quantitative estimate of drug-likeness (QED) is 0.320. The Labute approximate surface area is 100 Å². The van der Waals surface area contributed by atoms with Crippen molar-refractivity contribution in [2.75, 3.05) is 25.8 Å².